The molecule has 2 aromatic rings. The van der Waals surface area contributed by atoms with E-state index >= 15 is 0 Å². The lowest BCUT2D eigenvalue weighted by Gasteiger charge is -2.50. The highest BCUT2D eigenvalue weighted by Gasteiger charge is 2.54. The highest BCUT2D eigenvalue weighted by atomic mass is 16.5. The average molecular weight is 505 g/mol. The van der Waals surface area contributed by atoms with Crippen LogP contribution in [0.25, 0.3) is 0 Å². The van der Waals surface area contributed by atoms with Crippen molar-refractivity contribution in [3.05, 3.63) is 57.6 Å². The van der Waals surface area contributed by atoms with Crippen LogP contribution >= 0.6 is 0 Å². The fourth-order valence-electron chi connectivity index (χ4n) is 8.32. The maximum Gasteiger partial charge on any atom is 0.122 e. The number of phenols is 1. The number of aliphatic hydroxyl groups excluding tert-OH is 1. The quantitative estimate of drug-likeness (QED) is 0.448. The van der Waals surface area contributed by atoms with Crippen molar-refractivity contribution in [2.24, 2.45) is 17.3 Å². The Hall–Kier alpha value is -2.00. The van der Waals surface area contributed by atoms with Crippen LogP contribution in [-0.2, 0) is 23.7 Å². The van der Waals surface area contributed by atoms with E-state index in [0.29, 0.717) is 23.5 Å². The molecule has 3 nitrogen and oxygen atoms in total. The molecule has 2 aromatic carbocycles. The van der Waals surface area contributed by atoms with Crippen molar-refractivity contribution in [1.82, 2.24) is 0 Å². The van der Waals surface area contributed by atoms with Gasteiger partial charge in [-0.1, -0.05) is 54.5 Å². The highest BCUT2D eigenvalue weighted by Crippen LogP contribution is 2.61. The summed E-state index contributed by atoms with van der Waals surface area (Å²) < 4.78 is 6.01. The number of fused-ring (bicyclic) bond motifs is 5. The molecule has 3 aliphatic carbocycles. The number of hydrogen-bond acceptors (Lipinski definition) is 3. The number of ether oxygens (including phenoxy) is 1. The van der Waals surface area contributed by atoms with Crippen molar-refractivity contribution in [3.8, 4) is 11.5 Å². The van der Waals surface area contributed by atoms with Crippen LogP contribution in [0.1, 0.15) is 120 Å². The second-order valence-corrected chi connectivity index (χ2v) is 14.6. The predicted molar refractivity (Wildman–Crippen MR) is 152 cm³/mol. The van der Waals surface area contributed by atoms with Gasteiger partial charge in [-0.3, -0.25) is 0 Å². The first-order valence-electron chi connectivity index (χ1n) is 14.5. The number of aliphatic hydroxyl groups is 1. The van der Waals surface area contributed by atoms with E-state index < -0.39 is 0 Å². The van der Waals surface area contributed by atoms with Gasteiger partial charge in [0.05, 0.1) is 13.2 Å². The van der Waals surface area contributed by atoms with Gasteiger partial charge in [-0.15, -0.1) is 0 Å². The second kappa shape index (κ2) is 9.04. The number of rotatable bonds is 3. The summed E-state index contributed by atoms with van der Waals surface area (Å²) in [4.78, 5) is 0. The topological polar surface area (TPSA) is 49.7 Å². The number of hydrogen-bond donors (Lipinski definition) is 2. The van der Waals surface area contributed by atoms with Crippen LogP contribution in [0.4, 0.5) is 0 Å². The molecule has 0 unspecified atom stereocenters. The normalized spacial score (nSPS) is 29.4. The van der Waals surface area contributed by atoms with Gasteiger partial charge in [0, 0.05) is 6.42 Å². The van der Waals surface area contributed by atoms with Crippen LogP contribution < -0.4 is 4.74 Å². The molecule has 0 aliphatic heterocycles. The van der Waals surface area contributed by atoms with Gasteiger partial charge in [-0.2, -0.15) is 0 Å². The molecule has 0 saturated heterocycles. The molecule has 202 valence electrons. The third-order valence-corrected chi connectivity index (χ3v) is 10.3. The first-order chi connectivity index (χ1) is 17.2. The molecule has 37 heavy (non-hydrogen) atoms. The van der Waals surface area contributed by atoms with Crippen LogP contribution in [0.3, 0.4) is 0 Å². The summed E-state index contributed by atoms with van der Waals surface area (Å²) in [6.45, 7) is 15.8. The second-order valence-electron chi connectivity index (χ2n) is 14.6. The molecule has 0 amide bonds. The molecule has 0 radical (unpaired) electrons. The van der Waals surface area contributed by atoms with Crippen molar-refractivity contribution >= 4 is 0 Å². The number of aryl methyl sites for hydroxylation is 1. The molecular weight excluding hydrogens is 456 g/mol. The Labute approximate surface area is 224 Å². The lowest BCUT2D eigenvalue weighted by molar-refractivity contribution is -0.0226. The van der Waals surface area contributed by atoms with Crippen molar-refractivity contribution in [2.45, 2.75) is 116 Å². The van der Waals surface area contributed by atoms with Gasteiger partial charge in [0.2, 0.25) is 0 Å². The highest BCUT2D eigenvalue weighted by molar-refractivity contribution is 5.53. The molecule has 0 spiro atoms. The van der Waals surface area contributed by atoms with Gasteiger partial charge >= 0.3 is 0 Å². The first kappa shape index (κ1) is 26.6. The van der Waals surface area contributed by atoms with Crippen molar-refractivity contribution < 1.29 is 14.9 Å². The van der Waals surface area contributed by atoms with Gasteiger partial charge < -0.3 is 14.9 Å². The molecule has 0 aromatic heterocycles. The summed E-state index contributed by atoms with van der Waals surface area (Å²) in [6.07, 6.45) is 7.45. The van der Waals surface area contributed by atoms with Crippen molar-refractivity contribution in [1.29, 1.82) is 0 Å². The number of methoxy groups -OCH3 is 1. The summed E-state index contributed by atoms with van der Waals surface area (Å²) in [7, 11) is 1.80. The van der Waals surface area contributed by atoms with Crippen LogP contribution in [0.5, 0.6) is 11.5 Å². The zero-order valence-electron chi connectivity index (χ0n) is 24.4. The largest absolute Gasteiger partial charge is 0.508 e. The average Bonchev–Trinajstić information content (AvgIpc) is 3.12. The Morgan fingerprint density at radius 1 is 0.919 bits per heavy atom. The molecule has 2 N–H and O–H groups in total. The van der Waals surface area contributed by atoms with E-state index in [2.05, 4.69) is 60.6 Å². The number of phenolic OH excluding ortho intramolecular Hbond substituents is 1. The predicted octanol–water partition coefficient (Wildman–Crippen LogP) is 7.80. The summed E-state index contributed by atoms with van der Waals surface area (Å²) in [6, 6.07) is 8.74. The Bertz CT molecular complexity index is 1150. The van der Waals surface area contributed by atoms with E-state index in [9.17, 15) is 10.2 Å². The first-order valence-corrected chi connectivity index (χ1v) is 14.5. The third kappa shape index (κ3) is 4.50. The van der Waals surface area contributed by atoms with Gasteiger partial charge in [0.25, 0.3) is 0 Å². The lowest BCUT2D eigenvalue weighted by atomic mass is 9.55. The van der Waals surface area contributed by atoms with E-state index in [4.69, 9.17) is 4.74 Å². The smallest absolute Gasteiger partial charge is 0.122 e. The standard InChI is InChI=1S/C34H48O3/c1-32(2,3)28-18-22(35)19-29(33(4,5)6)26(28)16-21-15-25-20(17-30(21)37-8)9-10-24-23(25)13-14-34(7)27(24)11-12-31(34)36/h15,17-19,23-24,27,31,35-36H,9-14,16H2,1-8H3/t23-,24+,27-,31+,34-/m0/s1. The lowest BCUT2D eigenvalue weighted by Crippen LogP contribution is -2.43. The zero-order valence-corrected chi connectivity index (χ0v) is 24.4. The number of benzene rings is 2. The third-order valence-electron chi connectivity index (χ3n) is 10.3. The van der Waals surface area contributed by atoms with Crippen LogP contribution in [0, 0.1) is 17.3 Å². The fraction of sp³-hybridized carbons (Fsp3) is 0.647. The van der Waals surface area contributed by atoms with Crippen molar-refractivity contribution in [3.63, 3.8) is 0 Å². The van der Waals surface area contributed by atoms with E-state index in [1.807, 2.05) is 12.1 Å². The molecule has 3 aliphatic rings. The van der Waals surface area contributed by atoms with Gasteiger partial charge in [0.1, 0.15) is 11.5 Å². The van der Waals surface area contributed by atoms with Crippen LogP contribution in [0.15, 0.2) is 24.3 Å². The van der Waals surface area contributed by atoms with Crippen LogP contribution in [0.2, 0.25) is 0 Å². The van der Waals surface area contributed by atoms with Crippen molar-refractivity contribution in [2.75, 3.05) is 7.11 Å². The minimum absolute atomic E-state index is 0.0856. The summed E-state index contributed by atoms with van der Waals surface area (Å²) in [5, 5.41) is 21.5. The maximum absolute atomic E-state index is 10.8. The van der Waals surface area contributed by atoms with E-state index in [-0.39, 0.29) is 22.3 Å². The SMILES string of the molecule is COc1cc2c(cc1Cc1c(C(C)(C)C)cc(O)cc1C(C)(C)C)[C@H]1CC[C@]3(C)[C@H](O)CC[C@H]3[C@@H]1CC2. The summed E-state index contributed by atoms with van der Waals surface area (Å²) >= 11 is 0. The molecule has 5 atom stereocenters. The fourth-order valence-corrected chi connectivity index (χ4v) is 8.32. The van der Waals surface area contributed by atoms with Gasteiger partial charge in [0.15, 0.2) is 0 Å². The van der Waals surface area contributed by atoms with E-state index in [1.165, 1.54) is 52.6 Å². The Balaban J connectivity index is 1.60. The monoisotopic (exact) mass is 504 g/mol. The minimum Gasteiger partial charge on any atom is -0.508 e. The summed E-state index contributed by atoms with van der Waals surface area (Å²) in [5.74, 6) is 3.23. The molecular formula is C34H48O3. The van der Waals surface area contributed by atoms with E-state index in [1.54, 1.807) is 7.11 Å². The number of aromatic hydroxyl groups is 1. The molecule has 0 bridgehead atoms. The molecule has 2 saturated carbocycles. The van der Waals surface area contributed by atoms with Gasteiger partial charge in [-0.25, -0.2) is 0 Å². The molecule has 5 rings (SSSR count). The van der Waals surface area contributed by atoms with Gasteiger partial charge in [-0.05, 0) is 124 Å². The minimum atomic E-state index is -0.132. The Kier molecular flexibility index (Phi) is 6.50. The molecule has 2 fully saturated rings. The Morgan fingerprint density at radius 3 is 2.16 bits per heavy atom. The summed E-state index contributed by atoms with van der Waals surface area (Å²) in [5.41, 5.74) is 7.91. The molecule has 0 heterocycles. The molecule has 3 heteroatoms. The van der Waals surface area contributed by atoms with Crippen LogP contribution in [-0.4, -0.2) is 23.4 Å². The zero-order chi connectivity index (χ0) is 26.9. The maximum atomic E-state index is 10.8. The van der Waals surface area contributed by atoms with E-state index in [0.717, 1.165) is 31.4 Å². The Morgan fingerprint density at radius 2 is 1.57 bits per heavy atom.